The van der Waals surface area contributed by atoms with Crippen LogP contribution in [0.4, 0.5) is 11.5 Å². The van der Waals surface area contributed by atoms with Crippen LogP contribution >= 0.6 is 11.3 Å². The molecule has 1 N–H and O–H groups in total. The zero-order valence-corrected chi connectivity index (χ0v) is 19.4. The van der Waals surface area contributed by atoms with Crippen LogP contribution in [-0.4, -0.2) is 39.1 Å². The summed E-state index contributed by atoms with van der Waals surface area (Å²) < 4.78 is 8.24. The number of carbonyl (C=O) groups is 3. The van der Waals surface area contributed by atoms with Gasteiger partial charge in [0.05, 0.1) is 22.7 Å². The third-order valence-corrected chi connectivity index (χ3v) is 6.36. The number of nitrogens with zero attached hydrogens (tertiary/aromatic N) is 4. The lowest BCUT2D eigenvalue weighted by Crippen LogP contribution is -2.28. The Hall–Kier alpha value is -4.05. The van der Waals surface area contributed by atoms with Crippen LogP contribution in [0.3, 0.4) is 0 Å². The second kappa shape index (κ2) is 8.71. The summed E-state index contributed by atoms with van der Waals surface area (Å²) >= 11 is 1.45. The van der Waals surface area contributed by atoms with E-state index in [4.69, 9.17) is 9.72 Å². The van der Waals surface area contributed by atoms with Gasteiger partial charge < -0.3 is 10.1 Å². The van der Waals surface area contributed by atoms with Gasteiger partial charge in [0.1, 0.15) is 17.1 Å². The molecule has 1 saturated heterocycles. The second-order valence-corrected chi connectivity index (χ2v) is 8.75. The lowest BCUT2D eigenvalue weighted by molar-refractivity contribution is -0.121. The van der Waals surface area contributed by atoms with Crippen molar-refractivity contribution in [3.05, 3.63) is 59.8 Å². The van der Waals surface area contributed by atoms with Crippen LogP contribution in [0.25, 0.3) is 15.3 Å². The van der Waals surface area contributed by atoms with Gasteiger partial charge in [-0.3, -0.25) is 19.3 Å². The highest BCUT2D eigenvalue weighted by Crippen LogP contribution is 2.33. The Morgan fingerprint density at radius 1 is 1.12 bits per heavy atom. The van der Waals surface area contributed by atoms with E-state index in [1.807, 2.05) is 32.0 Å². The van der Waals surface area contributed by atoms with Crippen LogP contribution in [-0.2, 0) is 9.59 Å². The number of hydrogen-bond acceptors (Lipinski definition) is 7. The quantitative estimate of drug-likeness (QED) is 0.421. The van der Waals surface area contributed by atoms with Gasteiger partial charge in [0.15, 0.2) is 0 Å². The molecule has 0 bridgehead atoms. The average Bonchev–Trinajstić information content (AvgIpc) is 3.51. The minimum absolute atomic E-state index is 0.211. The van der Waals surface area contributed by atoms with E-state index in [1.165, 1.54) is 11.3 Å². The van der Waals surface area contributed by atoms with Gasteiger partial charge in [0.2, 0.25) is 16.9 Å². The maximum Gasteiger partial charge on any atom is 0.256 e. The normalized spacial score (nSPS) is 13.6. The Labute approximate surface area is 199 Å². The molecular weight excluding hydrogens is 454 g/mol. The number of nitrogens with one attached hydrogen (secondary N) is 1. The summed E-state index contributed by atoms with van der Waals surface area (Å²) in [6.07, 6.45) is 0.421. The largest absolute Gasteiger partial charge is 0.492 e. The molecule has 3 amide bonds. The van der Waals surface area contributed by atoms with Gasteiger partial charge in [-0.05, 0) is 50.2 Å². The van der Waals surface area contributed by atoms with Crippen molar-refractivity contribution in [1.29, 1.82) is 0 Å². The fourth-order valence-corrected chi connectivity index (χ4v) is 4.77. The van der Waals surface area contributed by atoms with Crippen LogP contribution < -0.4 is 15.0 Å². The predicted molar refractivity (Wildman–Crippen MR) is 129 cm³/mol. The van der Waals surface area contributed by atoms with Crippen molar-refractivity contribution in [2.45, 2.75) is 26.7 Å². The van der Waals surface area contributed by atoms with Gasteiger partial charge in [-0.1, -0.05) is 17.4 Å². The van der Waals surface area contributed by atoms with Gasteiger partial charge in [0, 0.05) is 24.5 Å². The number of thiazole rings is 1. The number of hydrogen-bond donors (Lipinski definition) is 1. The summed E-state index contributed by atoms with van der Waals surface area (Å²) in [5.41, 5.74) is 2.32. The molecule has 172 valence electrons. The van der Waals surface area contributed by atoms with Gasteiger partial charge in [-0.2, -0.15) is 9.78 Å². The molecule has 4 aromatic rings. The predicted octanol–water partition coefficient (Wildman–Crippen LogP) is 4.09. The van der Waals surface area contributed by atoms with Crippen LogP contribution in [0.1, 0.15) is 35.8 Å². The third-order valence-electron chi connectivity index (χ3n) is 5.36. The Morgan fingerprint density at radius 3 is 2.56 bits per heavy atom. The van der Waals surface area contributed by atoms with Crippen molar-refractivity contribution in [2.75, 3.05) is 16.8 Å². The molecule has 0 spiro atoms. The molecule has 9 nitrogen and oxygen atoms in total. The van der Waals surface area contributed by atoms with Gasteiger partial charge in [0.25, 0.3) is 5.91 Å². The SMILES string of the molecule is CCOc1cccc2sc(-n3nc(C)cc3NC(=O)c3ccc(N4C(=O)CCC4=O)cc3)nc12. The van der Waals surface area contributed by atoms with E-state index in [0.29, 0.717) is 34.6 Å². The molecule has 5 rings (SSSR count). The fourth-order valence-electron chi connectivity index (χ4n) is 3.82. The maximum atomic E-state index is 12.9. The number of benzene rings is 2. The minimum Gasteiger partial charge on any atom is -0.492 e. The molecule has 0 unspecified atom stereocenters. The lowest BCUT2D eigenvalue weighted by atomic mass is 10.2. The van der Waals surface area contributed by atoms with Crippen LogP contribution in [0.2, 0.25) is 0 Å². The molecule has 2 aromatic heterocycles. The van der Waals surface area contributed by atoms with E-state index in [9.17, 15) is 14.4 Å². The number of fused-ring (bicyclic) bond motifs is 1. The number of rotatable bonds is 6. The van der Waals surface area contributed by atoms with E-state index in [0.717, 1.165) is 20.8 Å². The van der Waals surface area contributed by atoms with E-state index in [1.54, 1.807) is 35.0 Å². The molecule has 3 heterocycles. The molecule has 1 aliphatic heterocycles. The molecule has 34 heavy (non-hydrogen) atoms. The number of para-hydroxylation sites is 1. The number of amides is 3. The zero-order chi connectivity index (χ0) is 23.8. The monoisotopic (exact) mass is 475 g/mol. The highest BCUT2D eigenvalue weighted by atomic mass is 32.1. The van der Waals surface area contributed by atoms with Gasteiger partial charge in [-0.15, -0.1) is 0 Å². The lowest BCUT2D eigenvalue weighted by Gasteiger charge is -2.14. The summed E-state index contributed by atoms with van der Waals surface area (Å²) in [5.74, 6) is 0.373. The first-order valence-corrected chi connectivity index (χ1v) is 11.6. The van der Waals surface area contributed by atoms with Crippen LogP contribution in [0, 0.1) is 6.92 Å². The molecule has 1 fully saturated rings. The topological polar surface area (TPSA) is 106 Å². The number of anilines is 2. The van der Waals surface area contributed by atoms with Crippen LogP contribution in [0.15, 0.2) is 48.5 Å². The van der Waals surface area contributed by atoms with E-state index in [2.05, 4.69) is 10.4 Å². The highest BCUT2D eigenvalue weighted by Gasteiger charge is 2.30. The first-order valence-electron chi connectivity index (χ1n) is 10.8. The number of ether oxygens (including phenoxy) is 1. The number of aryl methyl sites for hydroxylation is 1. The Bertz CT molecular complexity index is 1410. The Kier molecular flexibility index (Phi) is 5.58. The second-order valence-electron chi connectivity index (χ2n) is 7.74. The number of imide groups is 1. The highest BCUT2D eigenvalue weighted by molar-refractivity contribution is 7.20. The van der Waals surface area contributed by atoms with E-state index in [-0.39, 0.29) is 30.6 Å². The average molecular weight is 476 g/mol. The first kappa shape index (κ1) is 21.8. The van der Waals surface area contributed by atoms with Crippen molar-refractivity contribution in [3.63, 3.8) is 0 Å². The van der Waals surface area contributed by atoms with Crippen molar-refractivity contribution in [2.24, 2.45) is 0 Å². The summed E-state index contributed by atoms with van der Waals surface area (Å²) in [4.78, 5) is 42.7. The molecule has 10 heteroatoms. The van der Waals surface area contributed by atoms with Crippen molar-refractivity contribution in [3.8, 4) is 10.9 Å². The Morgan fingerprint density at radius 2 is 1.85 bits per heavy atom. The van der Waals surface area contributed by atoms with Gasteiger partial charge in [-0.25, -0.2) is 4.98 Å². The molecule has 0 saturated carbocycles. The maximum absolute atomic E-state index is 12.9. The number of carbonyl (C=O) groups excluding carboxylic acids is 3. The summed E-state index contributed by atoms with van der Waals surface area (Å²) in [5, 5.41) is 8.00. The first-order chi connectivity index (χ1) is 16.4. The third kappa shape index (κ3) is 3.92. The van der Waals surface area contributed by atoms with Crippen molar-refractivity contribution >= 4 is 50.8 Å². The minimum atomic E-state index is -0.345. The molecule has 2 aromatic carbocycles. The molecule has 1 aliphatic rings. The fraction of sp³-hybridized carbons (Fsp3) is 0.208. The molecule has 0 aliphatic carbocycles. The standard InChI is InChI=1S/C24H21N5O4S/c1-3-33-17-5-4-6-18-22(17)26-24(34-18)29-19(13-14(2)27-29)25-23(32)15-7-9-16(10-8-15)28-20(30)11-12-21(28)31/h4-10,13H,3,11-12H2,1-2H3,(H,25,32). The molecular formula is C24H21N5O4S. The Balaban J connectivity index is 1.41. The summed E-state index contributed by atoms with van der Waals surface area (Å²) in [6.45, 7) is 4.29. The van der Waals surface area contributed by atoms with E-state index >= 15 is 0 Å². The van der Waals surface area contributed by atoms with E-state index < -0.39 is 0 Å². The van der Waals surface area contributed by atoms with Crippen molar-refractivity contribution < 1.29 is 19.1 Å². The van der Waals surface area contributed by atoms with Crippen molar-refractivity contribution in [1.82, 2.24) is 14.8 Å². The summed E-state index contributed by atoms with van der Waals surface area (Å²) in [7, 11) is 0. The summed E-state index contributed by atoms with van der Waals surface area (Å²) in [6, 6.07) is 13.9. The van der Waals surface area contributed by atoms with Gasteiger partial charge >= 0.3 is 0 Å². The number of aromatic nitrogens is 3. The zero-order valence-electron chi connectivity index (χ0n) is 18.6. The molecule has 0 radical (unpaired) electrons. The van der Waals surface area contributed by atoms with Crippen LogP contribution in [0.5, 0.6) is 5.75 Å². The smallest absolute Gasteiger partial charge is 0.256 e. The molecule has 0 atom stereocenters.